The van der Waals surface area contributed by atoms with Crippen LogP contribution in [0, 0.1) is 12.8 Å². The van der Waals surface area contributed by atoms with Crippen LogP contribution in [0.25, 0.3) is 0 Å². The Labute approximate surface area is 126 Å². The molecule has 0 radical (unpaired) electrons. The van der Waals surface area contributed by atoms with Crippen molar-refractivity contribution in [2.75, 3.05) is 18.5 Å². The Morgan fingerprint density at radius 2 is 2.05 bits per heavy atom. The van der Waals surface area contributed by atoms with Crippen LogP contribution in [0.5, 0.6) is 0 Å². The second-order valence-electron chi connectivity index (χ2n) is 4.75. The van der Waals surface area contributed by atoms with Crippen molar-refractivity contribution in [1.29, 1.82) is 0 Å². The molecular formula is C14H19BrN2O3. The molecule has 2 amide bonds. The molecule has 1 atom stereocenters. The SMILES string of the molecule is Cc1cc(NC(=O)C(=O)NCC(C)CCO)ccc1Br. The van der Waals surface area contributed by atoms with Crippen molar-refractivity contribution >= 4 is 33.4 Å². The minimum atomic E-state index is -0.692. The molecule has 5 nitrogen and oxygen atoms in total. The van der Waals surface area contributed by atoms with E-state index in [0.717, 1.165) is 10.0 Å². The van der Waals surface area contributed by atoms with Gasteiger partial charge in [-0.15, -0.1) is 0 Å². The van der Waals surface area contributed by atoms with Gasteiger partial charge < -0.3 is 15.7 Å². The number of anilines is 1. The van der Waals surface area contributed by atoms with E-state index in [0.29, 0.717) is 18.7 Å². The van der Waals surface area contributed by atoms with Crippen LogP contribution >= 0.6 is 15.9 Å². The Hall–Kier alpha value is -1.40. The van der Waals surface area contributed by atoms with E-state index in [-0.39, 0.29) is 12.5 Å². The molecule has 0 bridgehead atoms. The predicted octanol–water partition coefficient (Wildman–Crippen LogP) is 1.83. The highest BCUT2D eigenvalue weighted by molar-refractivity contribution is 9.10. The standard InChI is InChI=1S/C14H19BrN2O3/c1-9(5-6-18)8-16-13(19)14(20)17-11-3-4-12(15)10(2)7-11/h3-4,7,9,18H,5-6,8H2,1-2H3,(H,16,19)(H,17,20). The molecule has 0 saturated heterocycles. The van der Waals surface area contributed by atoms with Gasteiger partial charge in [0.25, 0.3) is 0 Å². The Morgan fingerprint density at radius 1 is 1.35 bits per heavy atom. The van der Waals surface area contributed by atoms with E-state index < -0.39 is 11.8 Å². The average molecular weight is 343 g/mol. The lowest BCUT2D eigenvalue weighted by atomic mass is 10.1. The number of nitrogens with one attached hydrogen (secondary N) is 2. The van der Waals surface area contributed by atoms with Crippen LogP contribution in [0.15, 0.2) is 22.7 Å². The fourth-order valence-electron chi connectivity index (χ4n) is 1.58. The van der Waals surface area contributed by atoms with Gasteiger partial charge in [-0.2, -0.15) is 0 Å². The van der Waals surface area contributed by atoms with Crippen LogP contribution in [0.3, 0.4) is 0 Å². The summed E-state index contributed by atoms with van der Waals surface area (Å²) in [7, 11) is 0. The number of carbonyl (C=O) groups excluding carboxylic acids is 2. The summed E-state index contributed by atoms with van der Waals surface area (Å²) in [5.74, 6) is -1.23. The molecule has 0 fully saturated rings. The summed E-state index contributed by atoms with van der Waals surface area (Å²) in [4.78, 5) is 23.3. The van der Waals surface area contributed by atoms with Crippen molar-refractivity contribution in [3.63, 3.8) is 0 Å². The summed E-state index contributed by atoms with van der Waals surface area (Å²) in [5.41, 5.74) is 1.55. The summed E-state index contributed by atoms with van der Waals surface area (Å²) in [6.07, 6.45) is 0.591. The van der Waals surface area contributed by atoms with Gasteiger partial charge in [-0.25, -0.2) is 0 Å². The molecule has 0 aliphatic carbocycles. The molecule has 0 heterocycles. The molecule has 20 heavy (non-hydrogen) atoms. The van der Waals surface area contributed by atoms with Crippen LogP contribution in [0.4, 0.5) is 5.69 Å². The summed E-state index contributed by atoms with van der Waals surface area (Å²) < 4.78 is 0.942. The zero-order valence-corrected chi connectivity index (χ0v) is 13.2. The van der Waals surface area contributed by atoms with E-state index in [1.807, 2.05) is 19.9 Å². The number of benzene rings is 1. The normalized spacial score (nSPS) is 11.8. The molecule has 6 heteroatoms. The first-order valence-electron chi connectivity index (χ1n) is 6.40. The molecule has 1 aromatic rings. The smallest absolute Gasteiger partial charge is 0.313 e. The molecule has 1 aromatic carbocycles. The molecule has 0 saturated carbocycles. The highest BCUT2D eigenvalue weighted by atomic mass is 79.9. The Bertz CT molecular complexity index is 491. The molecule has 3 N–H and O–H groups in total. The lowest BCUT2D eigenvalue weighted by Crippen LogP contribution is -2.37. The molecular weight excluding hydrogens is 324 g/mol. The minimum absolute atomic E-state index is 0.0708. The highest BCUT2D eigenvalue weighted by Gasteiger charge is 2.14. The summed E-state index contributed by atoms with van der Waals surface area (Å²) >= 11 is 3.37. The Kier molecular flexibility index (Phi) is 6.67. The van der Waals surface area contributed by atoms with Gasteiger partial charge in [0.15, 0.2) is 0 Å². The highest BCUT2D eigenvalue weighted by Crippen LogP contribution is 2.19. The van der Waals surface area contributed by atoms with Crippen molar-refractivity contribution in [3.8, 4) is 0 Å². The van der Waals surface area contributed by atoms with E-state index >= 15 is 0 Å². The van der Waals surface area contributed by atoms with Crippen molar-refractivity contribution < 1.29 is 14.7 Å². The monoisotopic (exact) mass is 342 g/mol. The fraction of sp³-hybridized carbons (Fsp3) is 0.429. The van der Waals surface area contributed by atoms with Crippen molar-refractivity contribution in [2.45, 2.75) is 20.3 Å². The number of carbonyl (C=O) groups is 2. The predicted molar refractivity (Wildman–Crippen MR) is 81.4 cm³/mol. The van der Waals surface area contributed by atoms with Gasteiger partial charge in [-0.1, -0.05) is 22.9 Å². The molecule has 1 rings (SSSR count). The van der Waals surface area contributed by atoms with Crippen LogP contribution in [0.2, 0.25) is 0 Å². The number of aliphatic hydroxyl groups is 1. The summed E-state index contributed by atoms with van der Waals surface area (Å²) in [5, 5.41) is 13.8. The van der Waals surface area contributed by atoms with E-state index in [1.165, 1.54) is 0 Å². The van der Waals surface area contributed by atoms with E-state index in [1.54, 1.807) is 12.1 Å². The third kappa shape index (κ3) is 5.30. The van der Waals surface area contributed by atoms with Gasteiger partial charge in [0.1, 0.15) is 0 Å². The van der Waals surface area contributed by atoms with E-state index in [9.17, 15) is 9.59 Å². The van der Waals surface area contributed by atoms with Gasteiger partial charge in [-0.3, -0.25) is 9.59 Å². The Balaban J connectivity index is 2.49. The van der Waals surface area contributed by atoms with Crippen molar-refractivity contribution in [1.82, 2.24) is 5.32 Å². The second kappa shape index (κ2) is 8.01. The van der Waals surface area contributed by atoms with Crippen molar-refractivity contribution in [3.05, 3.63) is 28.2 Å². The number of rotatable bonds is 5. The number of halogens is 1. The zero-order valence-electron chi connectivity index (χ0n) is 11.6. The Morgan fingerprint density at radius 3 is 2.65 bits per heavy atom. The van der Waals surface area contributed by atoms with E-state index in [2.05, 4.69) is 26.6 Å². The topological polar surface area (TPSA) is 78.4 Å². The van der Waals surface area contributed by atoms with E-state index in [4.69, 9.17) is 5.11 Å². The fourth-order valence-corrected chi connectivity index (χ4v) is 1.83. The van der Waals surface area contributed by atoms with Crippen molar-refractivity contribution in [2.24, 2.45) is 5.92 Å². The van der Waals surface area contributed by atoms with Gasteiger partial charge in [0.2, 0.25) is 0 Å². The maximum atomic E-state index is 11.7. The van der Waals surface area contributed by atoms with Crippen LogP contribution < -0.4 is 10.6 Å². The van der Waals surface area contributed by atoms with Gasteiger partial charge in [0.05, 0.1) is 0 Å². The minimum Gasteiger partial charge on any atom is -0.396 e. The van der Waals surface area contributed by atoms with Gasteiger partial charge in [0, 0.05) is 23.3 Å². The molecule has 110 valence electrons. The summed E-state index contributed by atoms with van der Waals surface area (Å²) in [6.45, 7) is 4.23. The number of aliphatic hydroxyl groups excluding tert-OH is 1. The molecule has 0 spiro atoms. The molecule has 1 unspecified atom stereocenters. The number of aryl methyl sites for hydroxylation is 1. The zero-order chi connectivity index (χ0) is 15.1. The largest absolute Gasteiger partial charge is 0.396 e. The lowest BCUT2D eigenvalue weighted by Gasteiger charge is -2.11. The van der Waals surface area contributed by atoms with Crippen LogP contribution in [0.1, 0.15) is 18.9 Å². The van der Waals surface area contributed by atoms with Gasteiger partial charge in [-0.05, 0) is 43.0 Å². The number of hydrogen-bond acceptors (Lipinski definition) is 3. The number of hydrogen-bond donors (Lipinski definition) is 3. The first-order chi connectivity index (χ1) is 9.43. The van der Waals surface area contributed by atoms with Gasteiger partial charge >= 0.3 is 11.8 Å². The lowest BCUT2D eigenvalue weighted by molar-refractivity contribution is -0.136. The second-order valence-corrected chi connectivity index (χ2v) is 5.60. The van der Waals surface area contributed by atoms with Crippen LogP contribution in [-0.2, 0) is 9.59 Å². The summed E-state index contributed by atoms with van der Waals surface area (Å²) in [6, 6.07) is 5.31. The first-order valence-corrected chi connectivity index (χ1v) is 7.19. The third-order valence-corrected chi connectivity index (χ3v) is 3.74. The quantitative estimate of drug-likeness (QED) is 0.714. The maximum absolute atomic E-state index is 11.7. The molecule has 0 aliphatic rings. The number of amides is 2. The maximum Gasteiger partial charge on any atom is 0.313 e. The molecule has 0 aromatic heterocycles. The molecule has 0 aliphatic heterocycles. The third-order valence-electron chi connectivity index (χ3n) is 2.86. The van der Waals surface area contributed by atoms with Crippen LogP contribution in [-0.4, -0.2) is 30.1 Å². The average Bonchev–Trinajstić information content (AvgIpc) is 2.40. The first kappa shape index (κ1) is 16.7.